The predicted octanol–water partition coefficient (Wildman–Crippen LogP) is 3.02. The Labute approximate surface area is 100 Å². The van der Waals surface area contributed by atoms with Crippen LogP contribution in [0.25, 0.3) is 0 Å². The number of ether oxygens (including phenoxy) is 3. The SMILES string of the molecule is CC.COC1C(C)(OC)CCCC1(C)OC. The average Bonchev–Trinajstić information content (AvgIpc) is 2.32. The van der Waals surface area contributed by atoms with Gasteiger partial charge in [-0.3, -0.25) is 0 Å². The topological polar surface area (TPSA) is 27.7 Å². The minimum Gasteiger partial charge on any atom is -0.376 e. The molecule has 0 aromatic rings. The molecule has 0 aromatic heterocycles. The fraction of sp³-hybridized carbons (Fsp3) is 1.00. The summed E-state index contributed by atoms with van der Waals surface area (Å²) in [4.78, 5) is 0. The second kappa shape index (κ2) is 6.58. The van der Waals surface area contributed by atoms with Crippen molar-refractivity contribution < 1.29 is 14.2 Å². The Morgan fingerprint density at radius 3 is 1.50 bits per heavy atom. The van der Waals surface area contributed by atoms with Crippen molar-refractivity contribution in [2.75, 3.05) is 21.3 Å². The van der Waals surface area contributed by atoms with Gasteiger partial charge < -0.3 is 14.2 Å². The van der Waals surface area contributed by atoms with Crippen LogP contribution >= 0.6 is 0 Å². The largest absolute Gasteiger partial charge is 0.376 e. The molecule has 0 heterocycles. The fourth-order valence-corrected chi connectivity index (χ4v) is 2.62. The maximum absolute atomic E-state index is 5.57. The third-order valence-corrected chi connectivity index (χ3v) is 3.62. The van der Waals surface area contributed by atoms with Gasteiger partial charge in [0.2, 0.25) is 0 Å². The normalized spacial score (nSPS) is 38.8. The third-order valence-electron chi connectivity index (χ3n) is 3.62. The van der Waals surface area contributed by atoms with Crippen molar-refractivity contribution in [3.63, 3.8) is 0 Å². The Balaban J connectivity index is 0.00000106. The number of hydrogen-bond acceptors (Lipinski definition) is 3. The lowest BCUT2D eigenvalue weighted by Gasteiger charge is -2.49. The summed E-state index contributed by atoms with van der Waals surface area (Å²) in [7, 11) is 5.21. The molecule has 0 bridgehead atoms. The number of methoxy groups -OCH3 is 3. The minimum absolute atomic E-state index is 0.00116. The summed E-state index contributed by atoms with van der Waals surface area (Å²) in [6.45, 7) is 8.19. The number of rotatable bonds is 3. The van der Waals surface area contributed by atoms with Crippen LogP contribution in [0.4, 0.5) is 0 Å². The van der Waals surface area contributed by atoms with Gasteiger partial charge in [-0.05, 0) is 33.1 Å². The highest BCUT2D eigenvalue weighted by Crippen LogP contribution is 2.40. The van der Waals surface area contributed by atoms with E-state index in [2.05, 4.69) is 13.8 Å². The van der Waals surface area contributed by atoms with E-state index in [4.69, 9.17) is 14.2 Å². The molecule has 3 heteroatoms. The van der Waals surface area contributed by atoms with E-state index in [1.807, 2.05) is 13.8 Å². The number of hydrogen-bond donors (Lipinski definition) is 0. The van der Waals surface area contributed by atoms with E-state index in [1.54, 1.807) is 21.3 Å². The van der Waals surface area contributed by atoms with Crippen LogP contribution in [0.1, 0.15) is 47.0 Å². The minimum atomic E-state index is -0.224. The van der Waals surface area contributed by atoms with Gasteiger partial charge in [0, 0.05) is 21.3 Å². The van der Waals surface area contributed by atoms with Gasteiger partial charge in [0.15, 0.2) is 0 Å². The van der Waals surface area contributed by atoms with E-state index in [0.29, 0.717) is 0 Å². The van der Waals surface area contributed by atoms with Crippen molar-refractivity contribution in [2.24, 2.45) is 0 Å². The first-order chi connectivity index (χ1) is 7.52. The molecule has 0 radical (unpaired) electrons. The molecule has 16 heavy (non-hydrogen) atoms. The molecule has 1 aliphatic carbocycles. The summed E-state index contributed by atoms with van der Waals surface area (Å²) in [5, 5.41) is 0. The monoisotopic (exact) mass is 232 g/mol. The van der Waals surface area contributed by atoms with Crippen LogP contribution in [0.5, 0.6) is 0 Å². The zero-order valence-electron chi connectivity index (χ0n) is 11.9. The maximum Gasteiger partial charge on any atom is 0.114 e. The van der Waals surface area contributed by atoms with E-state index < -0.39 is 0 Å². The van der Waals surface area contributed by atoms with Crippen LogP contribution in [-0.4, -0.2) is 38.6 Å². The van der Waals surface area contributed by atoms with Gasteiger partial charge in [-0.15, -0.1) is 0 Å². The molecule has 0 aromatic carbocycles. The molecule has 0 aliphatic heterocycles. The molecule has 0 amide bonds. The molecular weight excluding hydrogens is 204 g/mol. The smallest absolute Gasteiger partial charge is 0.114 e. The van der Waals surface area contributed by atoms with Gasteiger partial charge in [-0.2, -0.15) is 0 Å². The second-order valence-electron chi connectivity index (χ2n) is 4.50. The Morgan fingerprint density at radius 1 is 0.875 bits per heavy atom. The first kappa shape index (κ1) is 15.9. The third kappa shape index (κ3) is 2.96. The fourth-order valence-electron chi connectivity index (χ4n) is 2.62. The Bertz CT molecular complexity index is 178. The lowest BCUT2D eigenvalue weighted by Crippen LogP contribution is -2.59. The lowest BCUT2D eigenvalue weighted by atomic mass is 9.74. The Morgan fingerprint density at radius 2 is 1.25 bits per heavy atom. The van der Waals surface area contributed by atoms with Crippen LogP contribution in [-0.2, 0) is 14.2 Å². The van der Waals surface area contributed by atoms with Crippen molar-refractivity contribution in [3.05, 3.63) is 0 Å². The molecule has 0 saturated heterocycles. The first-order valence-electron chi connectivity index (χ1n) is 6.15. The molecule has 2 atom stereocenters. The molecule has 0 N–H and O–H groups in total. The van der Waals surface area contributed by atoms with Gasteiger partial charge in [0.25, 0.3) is 0 Å². The van der Waals surface area contributed by atoms with Crippen molar-refractivity contribution in [1.29, 1.82) is 0 Å². The van der Waals surface area contributed by atoms with Crippen molar-refractivity contribution >= 4 is 0 Å². The van der Waals surface area contributed by atoms with Crippen LogP contribution in [0.3, 0.4) is 0 Å². The van der Waals surface area contributed by atoms with E-state index in [1.165, 1.54) is 0 Å². The van der Waals surface area contributed by atoms with Crippen LogP contribution in [0.15, 0.2) is 0 Å². The molecule has 2 unspecified atom stereocenters. The summed E-state index contributed by atoms with van der Waals surface area (Å²) in [5.74, 6) is 0. The van der Waals surface area contributed by atoms with E-state index in [0.717, 1.165) is 19.3 Å². The van der Waals surface area contributed by atoms with Crippen molar-refractivity contribution in [1.82, 2.24) is 0 Å². The zero-order chi connectivity index (χ0) is 12.8. The van der Waals surface area contributed by atoms with Gasteiger partial charge in [-0.1, -0.05) is 13.8 Å². The molecule has 0 spiro atoms. The zero-order valence-corrected chi connectivity index (χ0v) is 11.9. The first-order valence-corrected chi connectivity index (χ1v) is 6.15. The molecule has 3 nitrogen and oxygen atoms in total. The van der Waals surface area contributed by atoms with Crippen LogP contribution in [0.2, 0.25) is 0 Å². The lowest BCUT2D eigenvalue weighted by molar-refractivity contribution is -0.217. The molecule has 98 valence electrons. The predicted molar refractivity (Wildman–Crippen MR) is 66.8 cm³/mol. The summed E-state index contributed by atoms with van der Waals surface area (Å²) in [5.41, 5.74) is -0.449. The van der Waals surface area contributed by atoms with Gasteiger partial charge in [0.05, 0.1) is 11.2 Å². The van der Waals surface area contributed by atoms with E-state index in [-0.39, 0.29) is 17.3 Å². The van der Waals surface area contributed by atoms with E-state index >= 15 is 0 Å². The molecule has 1 aliphatic rings. The summed E-state index contributed by atoms with van der Waals surface area (Å²) < 4.78 is 16.7. The van der Waals surface area contributed by atoms with Crippen molar-refractivity contribution in [2.45, 2.75) is 64.3 Å². The Hall–Kier alpha value is -0.120. The Kier molecular flexibility index (Phi) is 6.53. The summed E-state index contributed by atoms with van der Waals surface area (Å²) >= 11 is 0. The van der Waals surface area contributed by atoms with Crippen LogP contribution < -0.4 is 0 Å². The molecular formula is C13H28O3. The van der Waals surface area contributed by atoms with Crippen molar-refractivity contribution in [3.8, 4) is 0 Å². The van der Waals surface area contributed by atoms with Gasteiger partial charge in [-0.25, -0.2) is 0 Å². The maximum atomic E-state index is 5.57. The highest BCUT2D eigenvalue weighted by atomic mass is 16.6. The standard InChI is InChI=1S/C11H22O3.C2H6/c1-10(13-4)7-6-8-11(2,14-5)9(10)12-3;1-2/h9H,6-8H2,1-5H3;1-2H3. The second-order valence-corrected chi connectivity index (χ2v) is 4.50. The molecule has 1 rings (SSSR count). The van der Waals surface area contributed by atoms with Crippen LogP contribution in [0, 0.1) is 0 Å². The molecule has 1 fully saturated rings. The van der Waals surface area contributed by atoms with E-state index in [9.17, 15) is 0 Å². The quantitative estimate of drug-likeness (QED) is 0.748. The molecule has 1 saturated carbocycles. The highest BCUT2D eigenvalue weighted by molar-refractivity contribution is 5.01. The summed E-state index contributed by atoms with van der Waals surface area (Å²) in [6, 6.07) is 0. The highest BCUT2D eigenvalue weighted by Gasteiger charge is 2.50. The average molecular weight is 232 g/mol. The van der Waals surface area contributed by atoms with Gasteiger partial charge >= 0.3 is 0 Å². The summed E-state index contributed by atoms with van der Waals surface area (Å²) in [6.07, 6.45) is 3.18. The van der Waals surface area contributed by atoms with Gasteiger partial charge in [0.1, 0.15) is 6.10 Å².